The number of carbonyl (C=O) groups is 1. The quantitative estimate of drug-likeness (QED) is 0.840. The number of hydrogen-bond donors (Lipinski definition) is 2. The standard InChI is InChI=1S/C15H14BrFN2O/c1-9(10-2-5-12(16)6-3-10)19-15(20)11-4-7-13(17)14(18)8-11/h2-9H,18H2,1H3,(H,19,20). The number of rotatable bonds is 3. The summed E-state index contributed by atoms with van der Waals surface area (Å²) >= 11 is 3.36. The largest absolute Gasteiger partial charge is 0.396 e. The molecule has 5 heteroatoms. The van der Waals surface area contributed by atoms with Gasteiger partial charge in [0, 0.05) is 10.0 Å². The van der Waals surface area contributed by atoms with E-state index >= 15 is 0 Å². The van der Waals surface area contributed by atoms with Crippen molar-refractivity contribution in [2.24, 2.45) is 0 Å². The zero-order chi connectivity index (χ0) is 14.7. The summed E-state index contributed by atoms with van der Waals surface area (Å²) in [4.78, 5) is 12.1. The summed E-state index contributed by atoms with van der Waals surface area (Å²) in [7, 11) is 0. The van der Waals surface area contributed by atoms with Crippen LogP contribution in [-0.4, -0.2) is 5.91 Å². The summed E-state index contributed by atoms with van der Waals surface area (Å²) in [5.74, 6) is -0.811. The molecule has 20 heavy (non-hydrogen) atoms. The van der Waals surface area contributed by atoms with Crippen molar-refractivity contribution in [3.8, 4) is 0 Å². The first-order chi connectivity index (χ1) is 9.47. The number of nitrogens with one attached hydrogen (secondary N) is 1. The molecule has 1 amide bonds. The number of benzene rings is 2. The highest BCUT2D eigenvalue weighted by molar-refractivity contribution is 9.10. The average Bonchev–Trinajstić information content (AvgIpc) is 2.42. The van der Waals surface area contributed by atoms with Crippen LogP contribution in [-0.2, 0) is 0 Å². The van der Waals surface area contributed by atoms with Crippen LogP contribution in [0, 0.1) is 5.82 Å². The zero-order valence-corrected chi connectivity index (χ0v) is 12.4. The van der Waals surface area contributed by atoms with E-state index in [0.717, 1.165) is 10.0 Å². The Morgan fingerprint density at radius 3 is 2.50 bits per heavy atom. The molecule has 104 valence electrons. The zero-order valence-electron chi connectivity index (χ0n) is 10.9. The third kappa shape index (κ3) is 3.36. The Bertz CT molecular complexity index is 628. The van der Waals surface area contributed by atoms with E-state index in [2.05, 4.69) is 21.2 Å². The summed E-state index contributed by atoms with van der Waals surface area (Å²) in [5, 5.41) is 2.85. The average molecular weight is 337 g/mol. The third-order valence-corrected chi connectivity index (χ3v) is 3.50. The summed E-state index contributed by atoms with van der Waals surface area (Å²) in [6.07, 6.45) is 0. The normalized spacial score (nSPS) is 11.9. The first-order valence-electron chi connectivity index (χ1n) is 6.08. The number of nitrogen functional groups attached to an aromatic ring is 1. The van der Waals surface area contributed by atoms with Gasteiger partial charge < -0.3 is 11.1 Å². The lowest BCUT2D eigenvalue weighted by Gasteiger charge is -2.14. The highest BCUT2D eigenvalue weighted by Gasteiger charge is 2.12. The molecule has 3 nitrogen and oxygen atoms in total. The van der Waals surface area contributed by atoms with Gasteiger partial charge in [-0.05, 0) is 42.8 Å². The number of anilines is 1. The van der Waals surface area contributed by atoms with Crippen LogP contribution in [0.25, 0.3) is 0 Å². The number of hydrogen-bond acceptors (Lipinski definition) is 2. The fourth-order valence-corrected chi connectivity index (χ4v) is 2.06. The number of amides is 1. The van der Waals surface area contributed by atoms with Crippen LogP contribution in [0.1, 0.15) is 28.9 Å². The minimum Gasteiger partial charge on any atom is -0.396 e. The first-order valence-corrected chi connectivity index (χ1v) is 6.88. The molecule has 0 spiro atoms. The molecule has 0 fully saturated rings. The molecule has 0 aliphatic carbocycles. The topological polar surface area (TPSA) is 55.1 Å². The monoisotopic (exact) mass is 336 g/mol. The van der Waals surface area contributed by atoms with Crippen molar-refractivity contribution in [3.05, 3.63) is 63.9 Å². The molecule has 2 rings (SSSR count). The second-order valence-electron chi connectivity index (χ2n) is 4.48. The molecule has 2 aromatic rings. The van der Waals surface area contributed by atoms with E-state index in [-0.39, 0.29) is 17.6 Å². The van der Waals surface area contributed by atoms with Crippen molar-refractivity contribution < 1.29 is 9.18 Å². The first kappa shape index (κ1) is 14.5. The van der Waals surface area contributed by atoms with Gasteiger partial charge in [0.25, 0.3) is 5.91 Å². The predicted octanol–water partition coefficient (Wildman–Crippen LogP) is 3.66. The fourth-order valence-electron chi connectivity index (χ4n) is 1.80. The summed E-state index contributed by atoms with van der Waals surface area (Å²) in [6.45, 7) is 1.88. The fraction of sp³-hybridized carbons (Fsp3) is 0.133. The van der Waals surface area contributed by atoms with Crippen LogP contribution in [0.3, 0.4) is 0 Å². The van der Waals surface area contributed by atoms with Gasteiger partial charge in [0.2, 0.25) is 0 Å². The van der Waals surface area contributed by atoms with E-state index in [9.17, 15) is 9.18 Å². The van der Waals surface area contributed by atoms with Gasteiger partial charge in [-0.1, -0.05) is 28.1 Å². The van der Waals surface area contributed by atoms with Crippen LogP contribution in [0.4, 0.5) is 10.1 Å². The smallest absolute Gasteiger partial charge is 0.251 e. The van der Waals surface area contributed by atoms with E-state index in [1.807, 2.05) is 31.2 Å². The molecular formula is C15H14BrFN2O. The maximum Gasteiger partial charge on any atom is 0.251 e. The highest BCUT2D eigenvalue weighted by Crippen LogP contribution is 2.18. The molecule has 1 unspecified atom stereocenters. The number of carbonyl (C=O) groups excluding carboxylic acids is 1. The second-order valence-corrected chi connectivity index (χ2v) is 5.40. The Kier molecular flexibility index (Phi) is 4.39. The van der Waals surface area contributed by atoms with Gasteiger partial charge in [-0.15, -0.1) is 0 Å². The predicted molar refractivity (Wildman–Crippen MR) is 80.8 cm³/mol. The summed E-state index contributed by atoms with van der Waals surface area (Å²) in [6, 6.07) is 11.5. The van der Waals surface area contributed by atoms with Gasteiger partial charge >= 0.3 is 0 Å². The van der Waals surface area contributed by atoms with Crippen molar-refractivity contribution in [2.45, 2.75) is 13.0 Å². The van der Waals surface area contributed by atoms with E-state index < -0.39 is 5.82 Å². The number of halogens is 2. The molecule has 0 aliphatic heterocycles. The van der Waals surface area contributed by atoms with Gasteiger partial charge in [-0.3, -0.25) is 4.79 Å². The van der Waals surface area contributed by atoms with Crippen molar-refractivity contribution in [1.82, 2.24) is 5.32 Å². The maximum absolute atomic E-state index is 13.1. The minimum atomic E-state index is -0.525. The van der Waals surface area contributed by atoms with Gasteiger partial charge in [-0.25, -0.2) is 4.39 Å². The Morgan fingerprint density at radius 2 is 1.90 bits per heavy atom. The molecule has 0 aromatic heterocycles. The van der Waals surface area contributed by atoms with Gasteiger partial charge in [0.15, 0.2) is 0 Å². The van der Waals surface area contributed by atoms with E-state index in [1.165, 1.54) is 18.2 Å². The Hall–Kier alpha value is -1.88. The van der Waals surface area contributed by atoms with Crippen LogP contribution >= 0.6 is 15.9 Å². The molecule has 0 saturated carbocycles. The van der Waals surface area contributed by atoms with Crippen LogP contribution < -0.4 is 11.1 Å². The van der Waals surface area contributed by atoms with E-state index in [0.29, 0.717) is 5.56 Å². The highest BCUT2D eigenvalue weighted by atomic mass is 79.9. The Labute approximate surface area is 125 Å². The van der Waals surface area contributed by atoms with Gasteiger partial charge in [0.1, 0.15) is 5.82 Å². The SMILES string of the molecule is CC(NC(=O)c1ccc(F)c(N)c1)c1ccc(Br)cc1. The lowest BCUT2D eigenvalue weighted by atomic mass is 10.1. The molecule has 1 atom stereocenters. The molecule has 0 saturated heterocycles. The Morgan fingerprint density at radius 1 is 1.25 bits per heavy atom. The third-order valence-electron chi connectivity index (χ3n) is 2.98. The second kappa shape index (κ2) is 6.05. The maximum atomic E-state index is 13.1. The van der Waals surface area contributed by atoms with Crippen LogP contribution in [0.15, 0.2) is 46.9 Å². The van der Waals surface area contributed by atoms with Crippen LogP contribution in [0.2, 0.25) is 0 Å². The van der Waals surface area contributed by atoms with Crippen molar-refractivity contribution in [1.29, 1.82) is 0 Å². The van der Waals surface area contributed by atoms with Crippen molar-refractivity contribution in [3.63, 3.8) is 0 Å². The van der Waals surface area contributed by atoms with Gasteiger partial charge in [-0.2, -0.15) is 0 Å². The van der Waals surface area contributed by atoms with E-state index in [1.54, 1.807) is 0 Å². The van der Waals surface area contributed by atoms with Crippen LogP contribution in [0.5, 0.6) is 0 Å². The molecular weight excluding hydrogens is 323 g/mol. The molecule has 0 aliphatic rings. The molecule has 0 bridgehead atoms. The Balaban J connectivity index is 2.10. The number of nitrogens with two attached hydrogens (primary N) is 1. The summed E-state index contributed by atoms with van der Waals surface area (Å²) < 4.78 is 14.0. The minimum absolute atomic E-state index is 0.0334. The van der Waals surface area contributed by atoms with E-state index in [4.69, 9.17) is 5.73 Å². The molecule has 3 N–H and O–H groups in total. The lowest BCUT2D eigenvalue weighted by Crippen LogP contribution is -2.26. The van der Waals surface area contributed by atoms with Crippen molar-refractivity contribution >= 4 is 27.5 Å². The molecule has 2 aromatic carbocycles. The van der Waals surface area contributed by atoms with Gasteiger partial charge in [0.05, 0.1) is 11.7 Å². The molecule has 0 heterocycles. The molecule has 0 radical (unpaired) electrons. The summed E-state index contributed by atoms with van der Waals surface area (Å²) in [5.41, 5.74) is 6.75. The van der Waals surface area contributed by atoms with Crippen molar-refractivity contribution in [2.75, 3.05) is 5.73 Å². The lowest BCUT2D eigenvalue weighted by molar-refractivity contribution is 0.0940.